The van der Waals surface area contributed by atoms with Crippen LogP contribution in [0.3, 0.4) is 0 Å². The molecule has 106 valence electrons. The molecule has 2 aromatic rings. The van der Waals surface area contributed by atoms with Crippen molar-refractivity contribution in [1.82, 2.24) is 4.90 Å². The monoisotopic (exact) mass is 271 g/mol. The third-order valence-corrected chi connectivity index (χ3v) is 3.72. The molecule has 2 aromatic carbocycles. The number of aromatic hydroxyl groups is 2. The quantitative estimate of drug-likeness (QED) is 0.896. The molecule has 0 heterocycles. The second-order valence-corrected chi connectivity index (χ2v) is 5.29. The lowest BCUT2D eigenvalue weighted by molar-refractivity contribution is 0.316. The molecular formula is C17H21NO2. The lowest BCUT2D eigenvalue weighted by Crippen LogP contribution is -2.18. The number of phenols is 2. The number of nitrogens with zero attached hydrogens (tertiary/aromatic N) is 1. The first-order chi connectivity index (χ1) is 9.49. The molecule has 0 radical (unpaired) electrons. The van der Waals surface area contributed by atoms with Crippen LogP contribution in [0.2, 0.25) is 0 Å². The van der Waals surface area contributed by atoms with E-state index in [1.54, 1.807) is 12.1 Å². The van der Waals surface area contributed by atoms with Crippen molar-refractivity contribution >= 4 is 0 Å². The van der Waals surface area contributed by atoms with Crippen LogP contribution in [-0.4, -0.2) is 22.2 Å². The van der Waals surface area contributed by atoms with Crippen molar-refractivity contribution in [2.75, 3.05) is 7.05 Å². The van der Waals surface area contributed by atoms with E-state index < -0.39 is 0 Å². The third kappa shape index (κ3) is 3.11. The average Bonchev–Trinajstić information content (AvgIpc) is 2.40. The summed E-state index contributed by atoms with van der Waals surface area (Å²) in [6.45, 7) is 5.38. The van der Waals surface area contributed by atoms with E-state index in [2.05, 4.69) is 4.90 Å². The Labute approximate surface area is 120 Å². The number of benzene rings is 2. The standard InChI is InChI=1S/C17H21NO2/c1-12-14(6-4-8-16(12)19)10-18(3)11-15-7-5-9-17(20)13(15)2/h4-9,19-20H,10-11H2,1-3H3. The van der Waals surface area contributed by atoms with E-state index in [-0.39, 0.29) is 0 Å². The summed E-state index contributed by atoms with van der Waals surface area (Å²) in [6.07, 6.45) is 0. The molecule has 2 N–H and O–H groups in total. The highest BCUT2D eigenvalue weighted by atomic mass is 16.3. The molecule has 0 saturated heterocycles. The molecular weight excluding hydrogens is 250 g/mol. The first-order valence-electron chi connectivity index (χ1n) is 6.72. The molecule has 0 aliphatic heterocycles. The van der Waals surface area contributed by atoms with Crippen LogP contribution in [0.15, 0.2) is 36.4 Å². The second-order valence-electron chi connectivity index (χ2n) is 5.29. The first kappa shape index (κ1) is 14.4. The summed E-state index contributed by atoms with van der Waals surface area (Å²) < 4.78 is 0. The van der Waals surface area contributed by atoms with E-state index in [9.17, 15) is 10.2 Å². The molecule has 3 nitrogen and oxygen atoms in total. The minimum Gasteiger partial charge on any atom is -0.508 e. The fourth-order valence-electron chi connectivity index (χ4n) is 2.32. The third-order valence-electron chi connectivity index (χ3n) is 3.72. The molecule has 0 amide bonds. The Morgan fingerprint density at radius 3 is 1.60 bits per heavy atom. The Balaban J connectivity index is 2.11. The van der Waals surface area contributed by atoms with Crippen molar-refractivity contribution in [2.24, 2.45) is 0 Å². The van der Waals surface area contributed by atoms with Gasteiger partial charge in [-0.15, -0.1) is 0 Å². The topological polar surface area (TPSA) is 43.7 Å². The van der Waals surface area contributed by atoms with Crippen LogP contribution in [0.1, 0.15) is 22.3 Å². The summed E-state index contributed by atoms with van der Waals surface area (Å²) >= 11 is 0. The first-order valence-corrected chi connectivity index (χ1v) is 6.72. The molecule has 3 heteroatoms. The van der Waals surface area contributed by atoms with E-state index in [0.29, 0.717) is 11.5 Å². The van der Waals surface area contributed by atoms with Gasteiger partial charge in [-0.1, -0.05) is 24.3 Å². The minimum atomic E-state index is 0.337. The van der Waals surface area contributed by atoms with Crippen molar-refractivity contribution in [3.63, 3.8) is 0 Å². The van der Waals surface area contributed by atoms with Gasteiger partial charge in [-0.2, -0.15) is 0 Å². The normalized spacial score (nSPS) is 11.0. The zero-order valence-corrected chi connectivity index (χ0v) is 12.2. The highest BCUT2D eigenvalue weighted by molar-refractivity contribution is 5.39. The van der Waals surface area contributed by atoms with Gasteiger partial charge in [-0.25, -0.2) is 0 Å². The largest absolute Gasteiger partial charge is 0.508 e. The highest BCUT2D eigenvalue weighted by Crippen LogP contribution is 2.23. The zero-order chi connectivity index (χ0) is 14.7. The van der Waals surface area contributed by atoms with Gasteiger partial charge >= 0.3 is 0 Å². The van der Waals surface area contributed by atoms with Crippen LogP contribution < -0.4 is 0 Å². The Bertz CT molecular complexity index is 554. The summed E-state index contributed by atoms with van der Waals surface area (Å²) in [5.74, 6) is 0.675. The molecule has 0 atom stereocenters. The Hall–Kier alpha value is -2.00. The summed E-state index contributed by atoms with van der Waals surface area (Å²) in [5.41, 5.74) is 4.08. The summed E-state index contributed by atoms with van der Waals surface area (Å²) in [5, 5.41) is 19.5. The van der Waals surface area contributed by atoms with E-state index in [0.717, 1.165) is 35.3 Å². The Morgan fingerprint density at radius 2 is 1.20 bits per heavy atom. The fraction of sp³-hybridized carbons (Fsp3) is 0.294. The van der Waals surface area contributed by atoms with Gasteiger partial charge in [0.05, 0.1) is 0 Å². The summed E-state index contributed by atoms with van der Waals surface area (Å²) in [4.78, 5) is 2.17. The molecule has 0 aliphatic rings. The Morgan fingerprint density at radius 1 is 0.800 bits per heavy atom. The van der Waals surface area contributed by atoms with Gasteiger partial charge in [0.2, 0.25) is 0 Å². The fourth-order valence-corrected chi connectivity index (χ4v) is 2.32. The zero-order valence-electron chi connectivity index (χ0n) is 12.2. The second kappa shape index (κ2) is 5.97. The van der Waals surface area contributed by atoms with Gasteiger partial charge in [0, 0.05) is 13.1 Å². The molecule has 0 spiro atoms. The SMILES string of the molecule is Cc1c(O)cccc1CN(C)Cc1cccc(O)c1C. The predicted octanol–water partition coefficient (Wildman–Crippen LogP) is 3.35. The molecule has 0 fully saturated rings. The molecule has 0 aliphatic carbocycles. The van der Waals surface area contributed by atoms with Gasteiger partial charge in [-0.05, 0) is 55.3 Å². The van der Waals surface area contributed by atoms with Crippen LogP contribution >= 0.6 is 0 Å². The maximum absolute atomic E-state index is 9.73. The Kier molecular flexibility index (Phi) is 4.30. The van der Waals surface area contributed by atoms with E-state index in [4.69, 9.17) is 0 Å². The van der Waals surface area contributed by atoms with Gasteiger partial charge in [0.15, 0.2) is 0 Å². The van der Waals surface area contributed by atoms with Crippen molar-refractivity contribution < 1.29 is 10.2 Å². The van der Waals surface area contributed by atoms with Gasteiger partial charge in [0.25, 0.3) is 0 Å². The number of rotatable bonds is 4. The number of hydrogen-bond donors (Lipinski definition) is 2. The molecule has 20 heavy (non-hydrogen) atoms. The van der Waals surface area contributed by atoms with Crippen molar-refractivity contribution in [1.29, 1.82) is 0 Å². The maximum atomic E-state index is 9.73. The molecule has 0 bridgehead atoms. The van der Waals surface area contributed by atoms with Crippen molar-refractivity contribution in [3.8, 4) is 11.5 Å². The molecule has 2 rings (SSSR count). The summed E-state index contributed by atoms with van der Waals surface area (Å²) in [6, 6.07) is 11.2. The average molecular weight is 271 g/mol. The van der Waals surface area contributed by atoms with Crippen LogP contribution in [0.4, 0.5) is 0 Å². The minimum absolute atomic E-state index is 0.337. The van der Waals surface area contributed by atoms with E-state index in [1.807, 2.05) is 45.2 Å². The summed E-state index contributed by atoms with van der Waals surface area (Å²) in [7, 11) is 2.03. The van der Waals surface area contributed by atoms with E-state index >= 15 is 0 Å². The molecule has 0 aromatic heterocycles. The van der Waals surface area contributed by atoms with Gasteiger partial charge < -0.3 is 10.2 Å². The van der Waals surface area contributed by atoms with Crippen LogP contribution in [0.25, 0.3) is 0 Å². The smallest absolute Gasteiger partial charge is 0.118 e. The van der Waals surface area contributed by atoms with Crippen LogP contribution in [0.5, 0.6) is 11.5 Å². The maximum Gasteiger partial charge on any atom is 0.118 e. The highest BCUT2D eigenvalue weighted by Gasteiger charge is 2.09. The molecule has 0 saturated carbocycles. The molecule has 0 unspecified atom stereocenters. The lowest BCUT2D eigenvalue weighted by Gasteiger charge is -2.20. The lowest BCUT2D eigenvalue weighted by atomic mass is 10.1. The van der Waals surface area contributed by atoms with Crippen molar-refractivity contribution in [2.45, 2.75) is 26.9 Å². The van der Waals surface area contributed by atoms with Gasteiger partial charge in [0.1, 0.15) is 11.5 Å². The number of hydrogen-bond acceptors (Lipinski definition) is 3. The predicted molar refractivity (Wildman–Crippen MR) is 80.9 cm³/mol. The number of phenolic OH excluding ortho intramolecular Hbond substituents is 2. The van der Waals surface area contributed by atoms with Gasteiger partial charge in [-0.3, -0.25) is 4.90 Å². The van der Waals surface area contributed by atoms with Crippen molar-refractivity contribution in [3.05, 3.63) is 58.7 Å². The van der Waals surface area contributed by atoms with E-state index in [1.165, 1.54) is 0 Å². The van der Waals surface area contributed by atoms with Crippen LogP contribution in [-0.2, 0) is 13.1 Å². The van der Waals surface area contributed by atoms with Crippen LogP contribution in [0, 0.1) is 13.8 Å².